The van der Waals surface area contributed by atoms with Gasteiger partial charge in [-0.05, 0) is 39.3 Å². The summed E-state index contributed by atoms with van der Waals surface area (Å²) in [6.07, 6.45) is 0.933. The van der Waals surface area contributed by atoms with E-state index in [1.54, 1.807) is 0 Å². The largest absolute Gasteiger partial charge is 0.352 e. The fourth-order valence-corrected chi connectivity index (χ4v) is 2.24. The highest BCUT2D eigenvalue weighted by molar-refractivity contribution is 5.84. The zero-order valence-corrected chi connectivity index (χ0v) is 12.0. The van der Waals surface area contributed by atoms with Crippen LogP contribution in [0, 0.1) is 6.92 Å². The van der Waals surface area contributed by atoms with Gasteiger partial charge in [-0.3, -0.25) is 4.79 Å². The SMILES string of the molecule is CCC(C)NC(=O)C(C)n1c(C)nc2ccccc21. The van der Waals surface area contributed by atoms with Crippen LogP contribution in [0.2, 0.25) is 0 Å². The number of carbonyl (C=O) groups excluding carboxylic acids is 1. The van der Waals surface area contributed by atoms with Crippen molar-refractivity contribution in [1.29, 1.82) is 0 Å². The maximum atomic E-state index is 12.2. The van der Waals surface area contributed by atoms with Gasteiger partial charge in [0.1, 0.15) is 11.9 Å². The highest BCUT2D eigenvalue weighted by Gasteiger charge is 2.20. The first-order valence-electron chi connectivity index (χ1n) is 6.78. The van der Waals surface area contributed by atoms with Crippen LogP contribution in [-0.2, 0) is 4.79 Å². The molecule has 1 aromatic heterocycles. The number of aromatic nitrogens is 2. The predicted molar refractivity (Wildman–Crippen MR) is 77.1 cm³/mol. The molecule has 4 heteroatoms. The summed E-state index contributed by atoms with van der Waals surface area (Å²) in [5.74, 6) is 0.911. The van der Waals surface area contributed by atoms with Crippen LogP contribution in [0.1, 0.15) is 39.1 Å². The van der Waals surface area contributed by atoms with Gasteiger partial charge in [0.15, 0.2) is 0 Å². The Morgan fingerprint density at radius 3 is 2.74 bits per heavy atom. The number of nitrogens with one attached hydrogen (secondary N) is 1. The van der Waals surface area contributed by atoms with Gasteiger partial charge >= 0.3 is 0 Å². The number of nitrogens with zero attached hydrogens (tertiary/aromatic N) is 2. The lowest BCUT2D eigenvalue weighted by molar-refractivity contribution is -0.124. The molecule has 102 valence electrons. The molecule has 1 amide bonds. The number of hydrogen-bond donors (Lipinski definition) is 1. The number of benzene rings is 1. The Bertz CT molecular complexity index is 588. The first kappa shape index (κ1) is 13.6. The molecule has 19 heavy (non-hydrogen) atoms. The third kappa shape index (κ3) is 2.62. The van der Waals surface area contributed by atoms with Crippen molar-refractivity contribution < 1.29 is 4.79 Å². The van der Waals surface area contributed by atoms with E-state index in [0.717, 1.165) is 23.3 Å². The van der Waals surface area contributed by atoms with Crippen LogP contribution in [0.4, 0.5) is 0 Å². The predicted octanol–water partition coefficient (Wildman–Crippen LogP) is 2.82. The Kier molecular flexibility index (Phi) is 3.88. The minimum absolute atomic E-state index is 0.0422. The normalized spacial score (nSPS) is 14.3. The summed E-state index contributed by atoms with van der Waals surface area (Å²) < 4.78 is 1.99. The van der Waals surface area contributed by atoms with Gasteiger partial charge in [-0.2, -0.15) is 0 Å². The van der Waals surface area contributed by atoms with Crippen molar-refractivity contribution in [3.63, 3.8) is 0 Å². The molecule has 2 rings (SSSR count). The summed E-state index contributed by atoms with van der Waals surface area (Å²) in [6, 6.07) is 7.86. The third-order valence-corrected chi connectivity index (χ3v) is 3.54. The molecule has 0 aliphatic rings. The van der Waals surface area contributed by atoms with E-state index in [1.807, 2.05) is 49.6 Å². The number of imidazole rings is 1. The Balaban J connectivity index is 2.33. The van der Waals surface area contributed by atoms with Crippen molar-refractivity contribution in [2.24, 2.45) is 0 Å². The molecule has 4 nitrogen and oxygen atoms in total. The molecular weight excluding hydrogens is 238 g/mol. The molecule has 0 aliphatic heterocycles. The molecule has 1 N–H and O–H groups in total. The molecule has 0 radical (unpaired) electrons. The average Bonchev–Trinajstić information content (AvgIpc) is 2.73. The number of amides is 1. The van der Waals surface area contributed by atoms with Crippen molar-refractivity contribution in [3.8, 4) is 0 Å². The maximum absolute atomic E-state index is 12.2. The van der Waals surface area contributed by atoms with E-state index < -0.39 is 0 Å². The summed E-state index contributed by atoms with van der Waals surface area (Å²) in [5.41, 5.74) is 1.94. The van der Waals surface area contributed by atoms with E-state index in [4.69, 9.17) is 0 Å². The van der Waals surface area contributed by atoms with Crippen LogP contribution in [0.15, 0.2) is 24.3 Å². The van der Waals surface area contributed by atoms with Gasteiger partial charge < -0.3 is 9.88 Å². The van der Waals surface area contributed by atoms with Crippen LogP contribution < -0.4 is 5.32 Å². The fraction of sp³-hybridized carbons (Fsp3) is 0.467. The maximum Gasteiger partial charge on any atom is 0.243 e. The minimum Gasteiger partial charge on any atom is -0.352 e. The molecule has 1 aromatic carbocycles. The molecule has 0 aliphatic carbocycles. The lowest BCUT2D eigenvalue weighted by atomic mass is 10.2. The number of aryl methyl sites for hydroxylation is 1. The molecule has 2 unspecified atom stereocenters. The summed E-state index contributed by atoms with van der Waals surface area (Å²) in [7, 11) is 0. The minimum atomic E-state index is -0.249. The number of fused-ring (bicyclic) bond motifs is 1. The summed E-state index contributed by atoms with van der Waals surface area (Å²) in [6.45, 7) is 7.93. The smallest absolute Gasteiger partial charge is 0.243 e. The molecular formula is C15H21N3O. The van der Waals surface area contributed by atoms with Crippen LogP contribution in [-0.4, -0.2) is 21.5 Å². The number of para-hydroxylation sites is 2. The Morgan fingerprint density at radius 2 is 2.05 bits per heavy atom. The highest BCUT2D eigenvalue weighted by Crippen LogP contribution is 2.20. The second kappa shape index (κ2) is 5.43. The summed E-state index contributed by atoms with van der Waals surface area (Å²) >= 11 is 0. The molecule has 0 fully saturated rings. The lowest BCUT2D eigenvalue weighted by Crippen LogP contribution is -2.37. The lowest BCUT2D eigenvalue weighted by Gasteiger charge is -2.19. The van der Waals surface area contributed by atoms with Gasteiger partial charge in [0.05, 0.1) is 11.0 Å². The van der Waals surface area contributed by atoms with E-state index >= 15 is 0 Å². The molecule has 0 spiro atoms. The first-order chi connectivity index (χ1) is 9.04. The van der Waals surface area contributed by atoms with E-state index in [2.05, 4.69) is 17.2 Å². The Morgan fingerprint density at radius 1 is 1.37 bits per heavy atom. The number of hydrogen-bond acceptors (Lipinski definition) is 2. The quantitative estimate of drug-likeness (QED) is 0.917. The zero-order valence-electron chi connectivity index (χ0n) is 12.0. The first-order valence-corrected chi connectivity index (χ1v) is 6.78. The van der Waals surface area contributed by atoms with Crippen molar-refractivity contribution >= 4 is 16.9 Å². The van der Waals surface area contributed by atoms with Crippen LogP contribution in [0.25, 0.3) is 11.0 Å². The van der Waals surface area contributed by atoms with Crippen molar-refractivity contribution in [2.75, 3.05) is 0 Å². The summed E-state index contributed by atoms with van der Waals surface area (Å²) in [4.78, 5) is 16.7. The molecule has 0 saturated heterocycles. The van der Waals surface area contributed by atoms with Crippen LogP contribution in [0.5, 0.6) is 0 Å². The van der Waals surface area contributed by atoms with Gasteiger partial charge in [-0.1, -0.05) is 19.1 Å². The molecule has 0 saturated carbocycles. The molecule has 2 atom stereocenters. The average molecular weight is 259 g/mol. The van der Waals surface area contributed by atoms with Gasteiger partial charge in [0.2, 0.25) is 5.91 Å². The standard InChI is InChI=1S/C15H21N3O/c1-5-10(2)16-15(19)11(3)18-12(4)17-13-8-6-7-9-14(13)18/h6-11H,5H2,1-4H3,(H,16,19). The van der Waals surface area contributed by atoms with Gasteiger partial charge in [-0.15, -0.1) is 0 Å². The van der Waals surface area contributed by atoms with E-state index in [1.165, 1.54) is 0 Å². The van der Waals surface area contributed by atoms with E-state index in [-0.39, 0.29) is 18.0 Å². The summed E-state index contributed by atoms with van der Waals surface area (Å²) in [5, 5.41) is 3.02. The number of carbonyl (C=O) groups is 1. The van der Waals surface area contributed by atoms with E-state index in [0.29, 0.717) is 0 Å². The topological polar surface area (TPSA) is 46.9 Å². The molecule has 0 bridgehead atoms. The zero-order chi connectivity index (χ0) is 14.0. The molecule has 1 heterocycles. The van der Waals surface area contributed by atoms with E-state index in [9.17, 15) is 4.79 Å². The van der Waals surface area contributed by atoms with Gasteiger partial charge in [0.25, 0.3) is 0 Å². The van der Waals surface area contributed by atoms with Crippen molar-refractivity contribution in [1.82, 2.24) is 14.9 Å². The third-order valence-electron chi connectivity index (χ3n) is 3.54. The Labute approximate surface area is 113 Å². The van der Waals surface area contributed by atoms with Gasteiger partial charge in [0, 0.05) is 6.04 Å². The van der Waals surface area contributed by atoms with Crippen molar-refractivity contribution in [2.45, 2.75) is 46.2 Å². The number of rotatable bonds is 4. The van der Waals surface area contributed by atoms with Crippen LogP contribution in [0.3, 0.4) is 0 Å². The Hall–Kier alpha value is -1.84. The second-order valence-corrected chi connectivity index (χ2v) is 5.01. The molecule has 2 aromatic rings. The fourth-order valence-electron chi connectivity index (χ4n) is 2.24. The van der Waals surface area contributed by atoms with Crippen LogP contribution >= 0.6 is 0 Å². The monoisotopic (exact) mass is 259 g/mol. The van der Waals surface area contributed by atoms with Crippen molar-refractivity contribution in [3.05, 3.63) is 30.1 Å². The highest BCUT2D eigenvalue weighted by atomic mass is 16.2. The second-order valence-electron chi connectivity index (χ2n) is 5.01. The van der Waals surface area contributed by atoms with Gasteiger partial charge in [-0.25, -0.2) is 4.98 Å².